The molecule has 0 aliphatic heterocycles. The van der Waals surface area contributed by atoms with Gasteiger partial charge in [0, 0.05) is 10.3 Å². The highest BCUT2D eigenvalue weighted by molar-refractivity contribution is 7.19. The predicted octanol–water partition coefficient (Wildman–Crippen LogP) is 10.1. The first-order valence-corrected chi connectivity index (χ1v) is 15.9. The lowest BCUT2D eigenvalue weighted by atomic mass is 9.56. The molecular weight excluding hydrogens is 518 g/mol. The van der Waals surface area contributed by atoms with Gasteiger partial charge >= 0.3 is 0 Å². The standard InChI is InChI=1S/C38H46P2/c1-23-11-24(2)16-31(15-23)37(39,32-17-25(3)12-26(4)18-32)35-9-10-36(35)38(40,33-19-27(5)13-28(6)20-33)34-21-29(7)14-30(8)22-34/h11-22,35-36H,9-10,39-40H2,1-8H3. The highest BCUT2D eigenvalue weighted by Crippen LogP contribution is 2.64. The Morgan fingerprint density at radius 3 is 0.700 bits per heavy atom. The second-order valence-electron chi connectivity index (χ2n) is 13.0. The Bertz CT molecular complexity index is 1270. The molecule has 0 N–H and O–H groups in total. The van der Waals surface area contributed by atoms with Gasteiger partial charge in [0.2, 0.25) is 0 Å². The molecule has 1 fully saturated rings. The fourth-order valence-corrected chi connectivity index (χ4v) is 9.10. The van der Waals surface area contributed by atoms with Gasteiger partial charge in [-0.05, 0) is 102 Å². The van der Waals surface area contributed by atoms with Gasteiger partial charge < -0.3 is 0 Å². The number of hydrogen-bond acceptors (Lipinski definition) is 0. The molecule has 0 amide bonds. The number of hydrogen-bond donors (Lipinski definition) is 0. The quantitative estimate of drug-likeness (QED) is 0.204. The Kier molecular flexibility index (Phi) is 7.94. The van der Waals surface area contributed by atoms with Gasteiger partial charge in [-0.3, -0.25) is 0 Å². The van der Waals surface area contributed by atoms with Crippen LogP contribution in [0.4, 0.5) is 0 Å². The molecule has 4 aromatic rings. The Hall–Kier alpha value is -2.26. The van der Waals surface area contributed by atoms with E-state index in [2.05, 4.69) is 147 Å². The lowest BCUT2D eigenvalue weighted by molar-refractivity contribution is 0.109. The van der Waals surface area contributed by atoms with Gasteiger partial charge in [0.25, 0.3) is 0 Å². The van der Waals surface area contributed by atoms with Crippen LogP contribution in [0.5, 0.6) is 0 Å². The van der Waals surface area contributed by atoms with Crippen LogP contribution in [0.3, 0.4) is 0 Å². The molecule has 4 unspecified atom stereocenters. The molecule has 1 aliphatic rings. The van der Waals surface area contributed by atoms with Crippen molar-refractivity contribution in [3.63, 3.8) is 0 Å². The van der Waals surface area contributed by atoms with E-state index in [-0.39, 0.29) is 10.3 Å². The van der Waals surface area contributed by atoms with E-state index in [1.807, 2.05) is 0 Å². The molecule has 0 spiro atoms. The van der Waals surface area contributed by atoms with Gasteiger partial charge in [0.05, 0.1) is 0 Å². The van der Waals surface area contributed by atoms with Crippen LogP contribution < -0.4 is 0 Å². The minimum atomic E-state index is -0.184. The molecule has 0 aromatic heterocycles. The smallest absolute Gasteiger partial charge is 0.0375 e. The van der Waals surface area contributed by atoms with E-state index < -0.39 is 0 Å². The molecule has 0 radical (unpaired) electrons. The average molecular weight is 565 g/mol. The van der Waals surface area contributed by atoms with Crippen LogP contribution in [0, 0.1) is 67.2 Å². The van der Waals surface area contributed by atoms with E-state index in [4.69, 9.17) is 0 Å². The number of benzene rings is 4. The van der Waals surface area contributed by atoms with E-state index in [1.165, 1.54) is 79.6 Å². The molecular formula is C38H46P2. The zero-order valence-electron chi connectivity index (χ0n) is 25.7. The summed E-state index contributed by atoms with van der Waals surface area (Å²) in [6.45, 7) is 17.9. The summed E-state index contributed by atoms with van der Waals surface area (Å²) in [5.41, 5.74) is 16.4. The summed E-state index contributed by atoms with van der Waals surface area (Å²) in [6, 6.07) is 28.7. The second kappa shape index (κ2) is 10.9. The van der Waals surface area contributed by atoms with Crippen LogP contribution in [0.1, 0.15) is 79.6 Å². The molecule has 0 nitrogen and oxygen atoms in total. The largest absolute Gasteiger partial charge is 0.121 e. The number of aryl methyl sites for hydroxylation is 8. The molecule has 2 heteroatoms. The van der Waals surface area contributed by atoms with Crippen LogP contribution in [-0.4, -0.2) is 0 Å². The summed E-state index contributed by atoms with van der Waals surface area (Å²) < 4.78 is 0. The molecule has 0 heterocycles. The van der Waals surface area contributed by atoms with E-state index in [9.17, 15) is 0 Å². The minimum absolute atomic E-state index is 0.184. The summed E-state index contributed by atoms with van der Waals surface area (Å²) in [5.74, 6) is 0.915. The van der Waals surface area contributed by atoms with Crippen molar-refractivity contribution in [2.45, 2.75) is 78.5 Å². The molecule has 0 saturated heterocycles. The van der Waals surface area contributed by atoms with Crippen LogP contribution >= 0.6 is 18.5 Å². The first-order chi connectivity index (χ1) is 18.8. The van der Waals surface area contributed by atoms with Gasteiger partial charge in [0.1, 0.15) is 0 Å². The number of rotatable bonds is 6. The second-order valence-corrected chi connectivity index (χ2v) is 14.9. The third kappa shape index (κ3) is 5.24. The van der Waals surface area contributed by atoms with Crippen molar-refractivity contribution < 1.29 is 0 Å². The Balaban J connectivity index is 1.77. The van der Waals surface area contributed by atoms with Crippen molar-refractivity contribution in [1.29, 1.82) is 0 Å². The van der Waals surface area contributed by atoms with Crippen LogP contribution in [0.25, 0.3) is 0 Å². The van der Waals surface area contributed by atoms with Gasteiger partial charge in [0.15, 0.2) is 0 Å². The predicted molar refractivity (Wildman–Crippen MR) is 181 cm³/mol. The summed E-state index contributed by atoms with van der Waals surface area (Å²) >= 11 is 0. The fourth-order valence-electron chi connectivity index (χ4n) is 7.63. The SMILES string of the molecule is Cc1cc(C)cc(C(P)(c2cc(C)cc(C)c2)C2CCC2C(P)(c2cc(C)cc(C)c2)c2cc(C)cc(C)c2)c1. The van der Waals surface area contributed by atoms with E-state index in [0.717, 1.165) is 0 Å². The molecule has 208 valence electrons. The zero-order valence-corrected chi connectivity index (χ0v) is 28.0. The normalized spacial score (nSPS) is 17.6. The van der Waals surface area contributed by atoms with Gasteiger partial charge in [-0.25, -0.2) is 0 Å². The molecule has 5 rings (SSSR count). The topological polar surface area (TPSA) is 0 Å². The molecule has 4 atom stereocenters. The summed E-state index contributed by atoms with van der Waals surface area (Å²) in [6.07, 6.45) is 2.42. The lowest BCUT2D eigenvalue weighted by Crippen LogP contribution is -2.50. The molecule has 1 aliphatic carbocycles. The third-order valence-electron chi connectivity index (χ3n) is 9.24. The van der Waals surface area contributed by atoms with Crippen LogP contribution in [0.2, 0.25) is 0 Å². The van der Waals surface area contributed by atoms with Crippen molar-refractivity contribution in [1.82, 2.24) is 0 Å². The van der Waals surface area contributed by atoms with Crippen molar-refractivity contribution in [2.24, 2.45) is 11.8 Å². The molecule has 0 bridgehead atoms. The monoisotopic (exact) mass is 564 g/mol. The van der Waals surface area contributed by atoms with Gasteiger partial charge in [-0.1, -0.05) is 117 Å². The molecule has 40 heavy (non-hydrogen) atoms. The maximum absolute atomic E-state index is 3.43. The van der Waals surface area contributed by atoms with Crippen molar-refractivity contribution >= 4 is 18.5 Å². The maximum Gasteiger partial charge on any atom is 0.0375 e. The third-order valence-corrected chi connectivity index (χ3v) is 11.4. The van der Waals surface area contributed by atoms with Gasteiger partial charge in [-0.2, -0.15) is 0 Å². The summed E-state index contributed by atoms with van der Waals surface area (Å²) in [4.78, 5) is 0. The van der Waals surface area contributed by atoms with Crippen molar-refractivity contribution in [2.75, 3.05) is 0 Å². The summed E-state index contributed by atoms with van der Waals surface area (Å²) in [5, 5.41) is -0.369. The Labute approximate surface area is 247 Å². The highest BCUT2D eigenvalue weighted by atomic mass is 31.0. The maximum atomic E-state index is 3.43. The van der Waals surface area contributed by atoms with Crippen LogP contribution in [0.15, 0.2) is 72.8 Å². The lowest BCUT2D eigenvalue weighted by Gasteiger charge is -2.56. The van der Waals surface area contributed by atoms with E-state index in [1.54, 1.807) is 0 Å². The molecule has 4 aromatic carbocycles. The minimum Gasteiger partial charge on any atom is -0.121 e. The zero-order chi connectivity index (χ0) is 29.0. The Morgan fingerprint density at radius 2 is 0.550 bits per heavy atom. The fraction of sp³-hybridized carbons (Fsp3) is 0.368. The van der Waals surface area contributed by atoms with Crippen molar-refractivity contribution in [3.05, 3.63) is 140 Å². The van der Waals surface area contributed by atoms with Gasteiger partial charge in [-0.15, -0.1) is 18.5 Å². The first-order valence-electron chi connectivity index (χ1n) is 14.7. The van der Waals surface area contributed by atoms with E-state index >= 15 is 0 Å². The highest BCUT2D eigenvalue weighted by Gasteiger charge is 2.54. The van der Waals surface area contributed by atoms with Crippen molar-refractivity contribution in [3.8, 4) is 0 Å². The molecule has 1 saturated carbocycles. The Morgan fingerprint density at radius 1 is 0.375 bits per heavy atom. The summed E-state index contributed by atoms with van der Waals surface area (Å²) in [7, 11) is 6.86. The first kappa shape index (κ1) is 29.2. The van der Waals surface area contributed by atoms with Crippen LogP contribution in [-0.2, 0) is 10.3 Å². The van der Waals surface area contributed by atoms with E-state index in [0.29, 0.717) is 11.8 Å². The average Bonchev–Trinajstić information content (AvgIpc) is 2.80.